The summed E-state index contributed by atoms with van der Waals surface area (Å²) in [6.07, 6.45) is 1.09. The number of ether oxygens (including phenoxy) is 2. The summed E-state index contributed by atoms with van der Waals surface area (Å²) in [6.45, 7) is 3.83. The van der Waals surface area contributed by atoms with Gasteiger partial charge in [-0.15, -0.1) is 11.3 Å². The lowest BCUT2D eigenvalue weighted by molar-refractivity contribution is -0.138. The van der Waals surface area contributed by atoms with Gasteiger partial charge in [0.1, 0.15) is 0 Å². The van der Waals surface area contributed by atoms with Crippen molar-refractivity contribution < 1.29 is 24.2 Å². The molecule has 2 aromatic rings. The fourth-order valence-corrected chi connectivity index (χ4v) is 5.28. The first-order chi connectivity index (χ1) is 14.9. The molecule has 0 radical (unpaired) electrons. The summed E-state index contributed by atoms with van der Waals surface area (Å²) >= 11 is 1.65. The molecule has 2 heterocycles. The van der Waals surface area contributed by atoms with Crippen molar-refractivity contribution in [2.24, 2.45) is 0 Å². The Hall–Kier alpha value is -3.06. The standard InChI is InChI=1S/C24H25NO5S/c1-4-30-24(28)21-13(2)25-16-10-15(20-6-5-9-31-20)11-18(27)23(16)22(21)14-7-8-17(26)19(12-14)29-3/h5-9,12,15,22,25-26H,4,10-11H2,1-3H3. The number of methoxy groups -OCH3 is 1. The predicted octanol–water partition coefficient (Wildman–Crippen LogP) is 4.39. The second-order valence-corrected chi connectivity index (χ2v) is 8.66. The van der Waals surface area contributed by atoms with Gasteiger partial charge in [0.25, 0.3) is 0 Å². The lowest BCUT2D eigenvalue weighted by atomic mass is 9.72. The van der Waals surface area contributed by atoms with Crippen LogP contribution in [0.1, 0.15) is 49.0 Å². The van der Waals surface area contributed by atoms with E-state index >= 15 is 0 Å². The molecule has 2 aliphatic rings. The van der Waals surface area contributed by atoms with Gasteiger partial charge < -0.3 is 19.9 Å². The normalized spacial score (nSPS) is 20.9. The van der Waals surface area contributed by atoms with Crippen LogP contribution < -0.4 is 10.1 Å². The molecule has 31 heavy (non-hydrogen) atoms. The van der Waals surface area contributed by atoms with Gasteiger partial charge in [-0.2, -0.15) is 0 Å². The third kappa shape index (κ3) is 3.85. The molecule has 1 aliphatic carbocycles. The number of rotatable bonds is 5. The number of aromatic hydroxyl groups is 1. The van der Waals surface area contributed by atoms with Crippen molar-refractivity contribution in [2.75, 3.05) is 13.7 Å². The van der Waals surface area contributed by atoms with E-state index in [1.54, 1.807) is 30.4 Å². The lowest BCUT2D eigenvalue weighted by Crippen LogP contribution is -2.36. The number of hydrogen-bond donors (Lipinski definition) is 2. The van der Waals surface area contributed by atoms with E-state index < -0.39 is 11.9 Å². The van der Waals surface area contributed by atoms with Crippen LogP contribution in [0.4, 0.5) is 0 Å². The first kappa shape index (κ1) is 21.2. The maximum Gasteiger partial charge on any atom is 0.336 e. The van der Waals surface area contributed by atoms with Crippen LogP contribution >= 0.6 is 11.3 Å². The maximum atomic E-state index is 13.4. The van der Waals surface area contributed by atoms with Crippen molar-refractivity contribution in [3.05, 3.63) is 68.7 Å². The largest absolute Gasteiger partial charge is 0.504 e. The van der Waals surface area contributed by atoms with Crippen molar-refractivity contribution in [1.29, 1.82) is 0 Å². The van der Waals surface area contributed by atoms with Crippen LogP contribution in [0.15, 0.2) is 58.3 Å². The van der Waals surface area contributed by atoms with Gasteiger partial charge in [-0.05, 0) is 49.4 Å². The van der Waals surface area contributed by atoms with Gasteiger partial charge in [0.2, 0.25) is 0 Å². The number of hydrogen-bond acceptors (Lipinski definition) is 7. The highest BCUT2D eigenvalue weighted by atomic mass is 32.1. The highest BCUT2D eigenvalue weighted by Gasteiger charge is 2.41. The zero-order chi connectivity index (χ0) is 22.1. The van der Waals surface area contributed by atoms with Gasteiger partial charge in [0, 0.05) is 40.1 Å². The molecule has 2 atom stereocenters. The Morgan fingerprint density at radius 2 is 2.10 bits per heavy atom. The molecule has 0 saturated heterocycles. The van der Waals surface area contributed by atoms with Crippen LogP contribution in [0.25, 0.3) is 0 Å². The Balaban J connectivity index is 1.84. The molecule has 7 heteroatoms. The summed E-state index contributed by atoms with van der Waals surface area (Å²) in [5.41, 5.74) is 3.23. The maximum absolute atomic E-state index is 13.4. The molecule has 0 amide bonds. The number of Topliss-reactive ketones (excluding diaryl/α,β-unsaturated/α-hetero) is 1. The molecular formula is C24H25NO5S. The second kappa shape index (κ2) is 8.59. The number of ketones is 1. The Morgan fingerprint density at radius 1 is 1.29 bits per heavy atom. The lowest BCUT2D eigenvalue weighted by Gasteiger charge is -2.36. The van der Waals surface area contributed by atoms with Crippen LogP contribution in [0.3, 0.4) is 0 Å². The van der Waals surface area contributed by atoms with Crippen LogP contribution in [-0.4, -0.2) is 30.6 Å². The van der Waals surface area contributed by atoms with Crippen LogP contribution in [0.2, 0.25) is 0 Å². The summed E-state index contributed by atoms with van der Waals surface area (Å²) in [5, 5.41) is 15.4. The topological polar surface area (TPSA) is 84.9 Å². The Labute approximate surface area is 185 Å². The number of phenols is 1. The van der Waals surface area contributed by atoms with Crippen LogP contribution in [0, 0.1) is 0 Å². The number of benzene rings is 1. The minimum atomic E-state index is -0.582. The van der Waals surface area contributed by atoms with E-state index in [1.165, 1.54) is 18.1 Å². The molecule has 0 saturated carbocycles. The molecular weight excluding hydrogens is 414 g/mol. The highest BCUT2D eigenvalue weighted by molar-refractivity contribution is 7.10. The molecule has 1 aliphatic heterocycles. The molecule has 4 rings (SSSR count). The number of esters is 1. The molecule has 0 spiro atoms. The monoisotopic (exact) mass is 439 g/mol. The smallest absolute Gasteiger partial charge is 0.336 e. The van der Waals surface area contributed by atoms with Crippen molar-refractivity contribution in [3.63, 3.8) is 0 Å². The van der Waals surface area contributed by atoms with Crippen LogP contribution in [-0.2, 0) is 14.3 Å². The molecule has 6 nitrogen and oxygen atoms in total. The Morgan fingerprint density at radius 3 is 2.77 bits per heavy atom. The van der Waals surface area contributed by atoms with Gasteiger partial charge in [-0.1, -0.05) is 12.1 Å². The van der Waals surface area contributed by atoms with E-state index in [1.807, 2.05) is 18.4 Å². The molecule has 2 N–H and O–H groups in total. The first-order valence-corrected chi connectivity index (χ1v) is 11.1. The van der Waals surface area contributed by atoms with Gasteiger partial charge in [0.15, 0.2) is 17.3 Å². The number of phenolic OH excluding ortho intramolecular Hbond substituents is 1. The summed E-state index contributed by atoms with van der Waals surface area (Å²) < 4.78 is 10.6. The Bertz CT molecular complexity index is 1080. The second-order valence-electron chi connectivity index (χ2n) is 7.68. The minimum Gasteiger partial charge on any atom is -0.504 e. The Kier molecular flexibility index (Phi) is 5.87. The van der Waals surface area contributed by atoms with Crippen LogP contribution in [0.5, 0.6) is 11.5 Å². The third-order valence-corrected chi connectivity index (χ3v) is 6.84. The molecule has 0 bridgehead atoms. The third-order valence-electron chi connectivity index (χ3n) is 5.81. The number of allylic oxidation sites excluding steroid dienone is 3. The molecule has 2 unspecified atom stereocenters. The zero-order valence-electron chi connectivity index (χ0n) is 17.7. The van der Waals surface area contributed by atoms with E-state index in [-0.39, 0.29) is 24.1 Å². The van der Waals surface area contributed by atoms with E-state index in [0.29, 0.717) is 41.0 Å². The quantitative estimate of drug-likeness (QED) is 0.673. The average Bonchev–Trinajstić information content (AvgIpc) is 3.28. The number of thiophene rings is 1. The van der Waals surface area contributed by atoms with E-state index in [9.17, 15) is 14.7 Å². The van der Waals surface area contributed by atoms with E-state index in [0.717, 1.165) is 5.70 Å². The molecule has 1 aromatic heterocycles. The van der Waals surface area contributed by atoms with E-state index in [4.69, 9.17) is 9.47 Å². The molecule has 1 aromatic carbocycles. The predicted molar refractivity (Wildman–Crippen MR) is 118 cm³/mol. The van der Waals surface area contributed by atoms with Gasteiger partial charge >= 0.3 is 5.97 Å². The minimum absolute atomic E-state index is 0.000467. The number of dihydropyridines is 1. The van der Waals surface area contributed by atoms with Crippen molar-refractivity contribution in [2.45, 2.75) is 38.5 Å². The highest BCUT2D eigenvalue weighted by Crippen LogP contribution is 2.47. The average molecular weight is 440 g/mol. The summed E-state index contributed by atoms with van der Waals surface area (Å²) in [7, 11) is 1.47. The number of nitrogens with one attached hydrogen (secondary N) is 1. The van der Waals surface area contributed by atoms with Crippen molar-refractivity contribution in [3.8, 4) is 11.5 Å². The fourth-order valence-electron chi connectivity index (χ4n) is 4.45. The molecule has 162 valence electrons. The number of carbonyl (C=O) groups is 2. The van der Waals surface area contributed by atoms with Crippen molar-refractivity contribution in [1.82, 2.24) is 5.32 Å². The van der Waals surface area contributed by atoms with Gasteiger partial charge in [0.05, 0.1) is 19.3 Å². The summed E-state index contributed by atoms with van der Waals surface area (Å²) in [4.78, 5) is 27.5. The summed E-state index contributed by atoms with van der Waals surface area (Å²) in [5.74, 6) is -0.616. The zero-order valence-corrected chi connectivity index (χ0v) is 18.5. The fraction of sp³-hybridized carbons (Fsp3) is 0.333. The van der Waals surface area contributed by atoms with Gasteiger partial charge in [-0.25, -0.2) is 4.79 Å². The SMILES string of the molecule is CCOC(=O)C1=C(C)NC2=C(C(=O)CC(c3cccs3)C2)C1c1ccc(O)c(OC)c1. The van der Waals surface area contributed by atoms with Gasteiger partial charge in [-0.3, -0.25) is 4.79 Å². The molecule has 0 fully saturated rings. The summed E-state index contributed by atoms with van der Waals surface area (Å²) in [6, 6.07) is 8.99. The van der Waals surface area contributed by atoms with E-state index in [2.05, 4.69) is 11.4 Å². The van der Waals surface area contributed by atoms with Crippen molar-refractivity contribution >= 4 is 23.1 Å². The number of carbonyl (C=O) groups excluding carboxylic acids is 2. The first-order valence-electron chi connectivity index (χ1n) is 10.3.